The first-order valence-electron chi connectivity index (χ1n) is 6.72. The van der Waals surface area contributed by atoms with Gasteiger partial charge < -0.3 is 10.6 Å². The molecule has 0 saturated carbocycles. The molecule has 0 saturated heterocycles. The largest absolute Gasteiger partial charge is 0.373 e. The molecule has 0 spiro atoms. The van der Waals surface area contributed by atoms with E-state index < -0.39 is 0 Å². The third-order valence-corrected chi connectivity index (χ3v) is 3.58. The Hall–Kier alpha value is -2.07. The number of benzene rings is 1. The summed E-state index contributed by atoms with van der Waals surface area (Å²) in [5, 5.41) is 6.17. The Labute approximate surface area is 129 Å². The van der Waals surface area contributed by atoms with Crippen LogP contribution >= 0.6 is 11.6 Å². The van der Waals surface area contributed by atoms with Crippen molar-refractivity contribution in [3.63, 3.8) is 0 Å². The minimum Gasteiger partial charge on any atom is -0.373 e. The highest BCUT2D eigenvalue weighted by molar-refractivity contribution is 6.33. The lowest BCUT2D eigenvalue weighted by Gasteiger charge is -2.15. The summed E-state index contributed by atoms with van der Waals surface area (Å²) in [4.78, 5) is 16.4. The highest BCUT2D eigenvalue weighted by Gasteiger charge is 2.15. The number of hydrogen-bond donors (Lipinski definition) is 2. The van der Waals surface area contributed by atoms with Crippen molar-refractivity contribution in [1.29, 1.82) is 0 Å². The van der Waals surface area contributed by atoms with E-state index in [0.717, 1.165) is 5.56 Å². The van der Waals surface area contributed by atoms with Gasteiger partial charge in [0.1, 0.15) is 5.82 Å². The van der Waals surface area contributed by atoms with E-state index in [9.17, 15) is 4.79 Å². The number of hydrogen-bond acceptors (Lipinski definition) is 3. The molecular formula is C16H18ClN3O. The van der Waals surface area contributed by atoms with E-state index in [1.807, 2.05) is 38.1 Å². The molecule has 0 aliphatic rings. The summed E-state index contributed by atoms with van der Waals surface area (Å²) in [6.45, 7) is 3.97. The van der Waals surface area contributed by atoms with Crippen LogP contribution in [0.1, 0.15) is 34.5 Å². The number of aryl methyl sites for hydroxylation is 1. The van der Waals surface area contributed by atoms with Gasteiger partial charge in [0.2, 0.25) is 0 Å². The van der Waals surface area contributed by atoms with Gasteiger partial charge in [-0.2, -0.15) is 0 Å². The topological polar surface area (TPSA) is 54.0 Å². The second kappa shape index (κ2) is 6.59. The van der Waals surface area contributed by atoms with E-state index in [2.05, 4.69) is 15.6 Å². The predicted molar refractivity (Wildman–Crippen MR) is 85.9 cm³/mol. The fourth-order valence-electron chi connectivity index (χ4n) is 1.96. The normalized spacial score (nSPS) is 11.8. The Bertz CT molecular complexity index is 640. The van der Waals surface area contributed by atoms with E-state index in [1.54, 1.807) is 13.1 Å². The molecule has 0 bridgehead atoms. The monoisotopic (exact) mass is 303 g/mol. The SMILES string of the molecule is CNc1cc(C(=O)NC(C)c2ccc(C)cc2)c(Cl)cn1. The van der Waals surface area contributed by atoms with E-state index in [4.69, 9.17) is 11.6 Å². The van der Waals surface area contributed by atoms with Gasteiger partial charge in [-0.25, -0.2) is 4.98 Å². The van der Waals surface area contributed by atoms with Gasteiger partial charge in [-0.3, -0.25) is 4.79 Å². The van der Waals surface area contributed by atoms with E-state index >= 15 is 0 Å². The highest BCUT2D eigenvalue weighted by Crippen LogP contribution is 2.20. The molecule has 0 aliphatic carbocycles. The summed E-state index contributed by atoms with van der Waals surface area (Å²) in [6, 6.07) is 9.60. The number of aromatic nitrogens is 1. The second-order valence-corrected chi connectivity index (χ2v) is 5.31. The molecular weight excluding hydrogens is 286 g/mol. The van der Waals surface area contributed by atoms with Crippen LogP contribution in [-0.2, 0) is 0 Å². The Balaban J connectivity index is 2.15. The van der Waals surface area contributed by atoms with E-state index in [0.29, 0.717) is 16.4 Å². The van der Waals surface area contributed by atoms with Gasteiger partial charge in [0.25, 0.3) is 5.91 Å². The Morgan fingerprint density at radius 3 is 2.57 bits per heavy atom. The number of anilines is 1. The van der Waals surface area contributed by atoms with Gasteiger partial charge in [-0.05, 0) is 25.5 Å². The van der Waals surface area contributed by atoms with Crippen LogP contribution in [0.5, 0.6) is 0 Å². The standard InChI is InChI=1S/C16H18ClN3O/c1-10-4-6-12(7-5-10)11(2)20-16(21)13-8-15(18-3)19-9-14(13)17/h4-9,11H,1-3H3,(H,18,19)(H,20,21). The fraction of sp³-hybridized carbons (Fsp3) is 0.250. The first-order chi connectivity index (χ1) is 10.0. The molecule has 1 atom stereocenters. The molecule has 0 fully saturated rings. The minimum atomic E-state index is -0.216. The fourth-order valence-corrected chi connectivity index (χ4v) is 2.15. The molecule has 1 aromatic heterocycles. The minimum absolute atomic E-state index is 0.0969. The maximum absolute atomic E-state index is 12.3. The van der Waals surface area contributed by atoms with Crippen LogP contribution in [0.25, 0.3) is 0 Å². The molecule has 1 amide bonds. The summed E-state index contributed by atoms with van der Waals surface area (Å²) in [5.74, 6) is 0.388. The van der Waals surface area contributed by atoms with Crippen LogP contribution in [0.4, 0.5) is 5.82 Å². The summed E-state index contributed by atoms with van der Waals surface area (Å²) in [5.41, 5.74) is 2.65. The van der Waals surface area contributed by atoms with E-state index in [1.165, 1.54) is 11.8 Å². The number of nitrogens with zero attached hydrogens (tertiary/aromatic N) is 1. The van der Waals surface area contributed by atoms with Crippen molar-refractivity contribution in [1.82, 2.24) is 10.3 Å². The number of carbonyl (C=O) groups is 1. The van der Waals surface area contributed by atoms with Gasteiger partial charge >= 0.3 is 0 Å². The third-order valence-electron chi connectivity index (χ3n) is 3.28. The van der Waals surface area contributed by atoms with Crippen molar-refractivity contribution in [2.75, 3.05) is 12.4 Å². The Morgan fingerprint density at radius 2 is 1.95 bits per heavy atom. The zero-order valence-corrected chi connectivity index (χ0v) is 13.0. The lowest BCUT2D eigenvalue weighted by molar-refractivity contribution is 0.0940. The van der Waals surface area contributed by atoms with Gasteiger partial charge in [-0.15, -0.1) is 0 Å². The van der Waals surface area contributed by atoms with Crippen molar-refractivity contribution in [2.45, 2.75) is 19.9 Å². The van der Waals surface area contributed by atoms with Crippen LogP contribution in [0.3, 0.4) is 0 Å². The molecule has 2 N–H and O–H groups in total. The summed E-state index contributed by atoms with van der Waals surface area (Å²) in [6.07, 6.45) is 1.47. The summed E-state index contributed by atoms with van der Waals surface area (Å²) in [7, 11) is 1.74. The van der Waals surface area contributed by atoms with Crippen molar-refractivity contribution in [2.24, 2.45) is 0 Å². The van der Waals surface area contributed by atoms with Crippen molar-refractivity contribution in [3.05, 3.63) is 58.2 Å². The van der Waals surface area contributed by atoms with Crippen LogP contribution in [0.2, 0.25) is 5.02 Å². The zero-order chi connectivity index (χ0) is 15.4. The van der Waals surface area contributed by atoms with Gasteiger partial charge in [0, 0.05) is 13.2 Å². The quantitative estimate of drug-likeness (QED) is 0.908. The van der Waals surface area contributed by atoms with Crippen molar-refractivity contribution < 1.29 is 4.79 Å². The number of halogens is 1. The maximum Gasteiger partial charge on any atom is 0.253 e. The molecule has 2 rings (SSSR count). The number of rotatable bonds is 4. The number of carbonyl (C=O) groups excluding carboxylic acids is 1. The Kier molecular flexibility index (Phi) is 4.81. The molecule has 21 heavy (non-hydrogen) atoms. The molecule has 5 heteroatoms. The second-order valence-electron chi connectivity index (χ2n) is 4.91. The van der Waals surface area contributed by atoms with Crippen molar-refractivity contribution in [3.8, 4) is 0 Å². The highest BCUT2D eigenvalue weighted by atomic mass is 35.5. The molecule has 4 nitrogen and oxygen atoms in total. The van der Waals surface area contributed by atoms with E-state index in [-0.39, 0.29) is 11.9 Å². The van der Waals surface area contributed by atoms with Gasteiger partial charge in [0.05, 0.1) is 16.6 Å². The molecule has 2 aromatic rings. The molecule has 110 valence electrons. The first kappa shape index (κ1) is 15.3. The maximum atomic E-state index is 12.3. The average molecular weight is 304 g/mol. The molecule has 0 radical (unpaired) electrons. The van der Waals surface area contributed by atoms with Crippen LogP contribution in [0.15, 0.2) is 36.5 Å². The smallest absolute Gasteiger partial charge is 0.253 e. The number of pyridine rings is 1. The van der Waals surface area contributed by atoms with Crippen LogP contribution in [-0.4, -0.2) is 17.9 Å². The van der Waals surface area contributed by atoms with Crippen LogP contribution in [0, 0.1) is 6.92 Å². The third kappa shape index (κ3) is 3.73. The van der Waals surface area contributed by atoms with Gasteiger partial charge in [0.15, 0.2) is 0 Å². The molecule has 0 aliphatic heterocycles. The molecule has 1 unspecified atom stereocenters. The summed E-state index contributed by atoms with van der Waals surface area (Å²) >= 11 is 6.05. The molecule has 1 heterocycles. The van der Waals surface area contributed by atoms with Gasteiger partial charge in [-0.1, -0.05) is 41.4 Å². The zero-order valence-electron chi connectivity index (χ0n) is 12.3. The lowest BCUT2D eigenvalue weighted by atomic mass is 10.1. The molecule has 1 aromatic carbocycles. The van der Waals surface area contributed by atoms with Crippen molar-refractivity contribution >= 4 is 23.3 Å². The lowest BCUT2D eigenvalue weighted by Crippen LogP contribution is -2.27. The summed E-state index contributed by atoms with van der Waals surface area (Å²) < 4.78 is 0. The number of amides is 1. The predicted octanol–water partition coefficient (Wildman–Crippen LogP) is 3.58. The van der Waals surface area contributed by atoms with Crippen LogP contribution < -0.4 is 10.6 Å². The Morgan fingerprint density at radius 1 is 1.29 bits per heavy atom. The first-order valence-corrected chi connectivity index (χ1v) is 7.09. The average Bonchev–Trinajstić information content (AvgIpc) is 2.48. The number of nitrogens with one attached hydrogen (secondary N) is 2.